The number of esters is 1. The molecule has 0 saturated carbocycles. The largest absolute Gasteiger partial charge is 0.508 e. The second-order valence-corrected chi connectivity index (χ2v) is 2.98. The van der Waals surface area contributed by atoms with Crippen LogP contribution in [0.3, 0.4) is 0 Å². The Kier molecular flexibility index (Phi) is 4.08. The number of aliphatic hydroxyl groups excluding tert-OH is 2. The van der Waals surface area contributed by atoms with E-state index in [9.17, 15) is 4.79 Å². The zero-order chi connectivity index (χ0) is 11.3. The first-order valence-electron chi connectivity index (χ1n) is 4.38. The first-order valence-corrected chi connectivity index (χ1v) is 4.38. The van der Waals surface area contributed by atoms with Gasteiger partial charge in [-0.3, -0.25) is 0 Å². The number of phenols is 1. The van der Waals surface area contributed by atoms with E-state index in [0.717, 1.165) is 0 Å². The summed E-state index contributed by atoms with van der Waals surface area (Å²) in [5.74, 6) is -0.551. The van der Waals surface area contributed by atoms with Crippen molar-refractivity contribution in [1.82, 2.24) is 0 Å². The summed E-state index contributed by atoms with van der Waals surface area (Å²) in [6.45, 7) is -0.709. The van der Waals surface area contributed by atoms with E-state index in [4.69, 9.17) is 20.1 Å². The molecule has 0 aliphatic heterocycles. The van der Waals surface area contributed by atoms with Crippen LogP contribution >= 0.6 is 0 Å². The summed E-state index contributed by atoms with van der Waals surface area (Å²) in [5.41, 5.74) is 0.276. The van der Waals surface area contributed by atoms with Gasteiger partial charge in [-0.2, -0.15) is 0 Å². The number of hydrogen-bond acceptors (Lipinski definition) is 5. The topological polar surface area (TPSA) is 87.0 Å². The Bertz CT molecular complexity index is 319. The molecule has 5 heteroatoms. The quantitative estimate of drug-likeness (QED) is 0.607. The van der Waals surface area contributed by atoms with Crippen molar-refractivity contribution in [1.29, 1.82) is 0 Å². The number of aromatic hydroxyl groups is 1. The standard InChI is InChI=1S/C10H12O5/c11-5-9(13)6-15-10(14)7-1-3-8(12)4-2-7/h1-4,9,11-13H,5-6H2/t9-/m0/s1. The molecular weight excluding hydrogens is 200 g/mol. The maximum Gasteiger partial charge on any atom is 0.338 e. The van der Waals surface area contributed by atoms with Gasteiger partial charge in [-0.15, -0.1) is 0 Å². The van der Waals surface area contributed by atoms with E-state index in [1.165, 1.54) is 24.3 Å². The number of aliphatic hydroxyl groups is 2. The molecule has 0 aliphatic carbocycles. The normalized spacial score (nSPS) is 12.1. The fourth-order valence-electron chi connectivity index (χ4n) is 0.905. The van der Waals surface area contributed by atoms with Crippen molar-refractivity contribution in [2.24, 2.45) is 0 Å². The Morgan fingerprint density at radius 2 is 1.93 bits per heavy atom. The molecule has 0 heterocycles. The summed E-state index contributed by atoms with van der Waals surface area (Å²) >= 11 is 0. The van der Waals surface area contributed by atoms with Crippen LogP contribution in [-0.2, 0) is 4.74 Å². The predicted octanol–water partition coefficient (Wildman–Crippen LogP) is -0.0978. The van der Waals surface area contributed by atoms with E-state index in [2.05, 4.69) is 0 Å². The van der Waals surface area contributed by atoms with Crippen molar-refractivity contribution in [3.05, 3.63) is 29.8 Å². The number of benzene rings is 1. The number of phenolic OH excluding ortho intramolecular Hbond substituents is 1. The highest BCUT2D eigenvalue weighted by atomic mass is 16.5. The van der Waals surface area contributed by atoms with Gasteiger partial charge in [0.15, 0.2) is 0 Å². The Morgan fingerprint density at radius 3 is 2.47 bits per heavy atom. The lowest BCUT2D eigenvalue weighted by atomic mass is 10.2. The molecule has 1 rings (SSSR count). The van der Waals surface area contributed by atoms with Crippen LogP contribution in [0.1, 0.15) is 10.4 Å². The third-order valence-corrected chi connectivity index (χ3v) is 1.72. The van der Waals surface area contributed by atoms with Gasteiger partial charge in [0.2, 0.25) is 0 Å². The second-order valence-electron chi connectivity index (χ2n) is 2.98. The summed E-state index contributed by atoms with van der Waals surface area (Å²) < 4.78 is 4.69. The molecule has 0 unspecified atom stereocenters. The van der Waals surface area contributed by atoms with Gasteiger partial charge in [0.05, 0.1) is 12.2 Å². The Hall–Kier alpha value is -1.59. The third kappa shape index (κ3) is 3.57. The summed E-state index contributed by atoms with van der Waals surface area (Å²) in [7, 11) is 0. The molecule has 15 heavy (non-hydrogen) atoms. The SMILES string of the molecule is O=C(OC[C@@H](O)CO)c1ccc(O)cc1. The lowest BCUT2D eigenvalue weighted by Crippen LogP contribution is -2.21. The molecule has 1 aromatic rings. The molecule has 0 amide bonds. The van der Waals surface area contributed by atoms with Gasteiger partial charge in [-0.1, -0.05) is 0 Å². The highest BCUT2D eigenvalue weighted by Gasteiger charge is 2.09. The fourth-order valence-corrected chi connectivity index (χ4v) is 0.905. The number of carbonyl (C=O) groups is 1. The van der Waals surface area contributed by atoms with Gasteiger partial charge in [0, 0.05) is 0 Å². The Morgan fingerprint density at radius 1 is 1.33 bits per heavy atom. The van der Waals surface area contributed by atoms with Crippen molar-refractivity contribution in [3.8, 4) is 5.75 Å². The van der Waals surface area contributed by atoms with Crippen molar-refractivity contribution in [3.63, 3.8) is 0 Å². The molecule has 3 N–H and O–H groups in total. The second kappa shape index (κ2) is 5.33. The fraction of sp³-hybridized carbons (Fsp3) is 0.300. The smallest absolute Gasteiger partial charge is 0.338 e. The van der Waals surface area contributed by atoms with Crippen LogP contribution in [0.15, 0.2) is 24.3 Å². The van der Waals surface area contributed by atoms with Crippen molar-refractivity contribution in [2.45, 2.75) is 6.10 Å². The summed E-state index contributed by atoms with van der Waals surface area (Å²) in [4.78, 5) is 11.3. The Labute approximate surface area is 86.5 Å². The van der Waals surface area contributed by atoms with Crippen LogP contribution in [-0.4, -0.2) is 40.6 Å². The third-order valence-electron chi connectivity index (χ3n) is 1.72. The van der Waals surface area contributed by atoms with Crippen molar-refractivity contribution >= 4 is 5.97 Å². The molecule has 0 spiro atoms. The molecule has 0 saturated heterocycles. The van der Waals surface area contributed by atoms with Crippen LogP contribution in [0.5, 0.6) is 5.75 Å². The van der Waals surface area contributed by atoms with Crippen molar-refractivity contribution < 1.29 is 24.9 Å². The van der Waals surface area contributed by atoms with Crippen LogP contribution in [0.4, 0.5) is 0 Å². The maximum absolute atomic E-state index is 11.3. The van der Waals surface area contributed by atoms with E-state index in [-0.39, 0.29) is 17.9 Å². The van der Waals surface area contributed by atoms with Crippen LogP contribution in [0.25, 0.3) is 0 Å². The van der Waals surface area contributed by atoms with E-state index in [0.29, 0.717) is 0 Å². The summed E-state index contributed by atoms with van der Waals surface area (Å²) in [5, 5.41) is 26.4. The minimum atomic E-state index is -1.06. The first kappa shape index (κ1) is 11.5. The lowest BCUT2D eigenvalue weighted by Gasteiger charge is -2.08. The number of ether oxygens (including phenoxy) is 1. The van der Waals surface area contributed by atoms with Gasteiger partial charge in [-0.25, -0.2) is 4.79 Å². The van der Waals surface area contributed by atoms with Gasteiger partial charge < -0.3 is 20.1 Å². The van der Waals surface area contributed by atoms with Crippen molar-refractivity contribution in [2.75, 3.05) is 13.2 Å². The van der Waals surface area contributed by atoms with E-state index < -0.39 is 18.7 Å². The van der Waals surface area contributed by atoms with Crippen LogP contribution < -0.4 is 0 Å². The molecule has 5 nitrogen and oxygen atoms in total. The average molecular weight is 212 g/mol. The molecule has 1 aromatic carbocycles. The minimum absolute atomic E-state index is 0.0574. The zero-order valence-corrected chi connectivity index (χ0v) is 7.96. The minimum Gasteiger partial charge on any atom is -0.508 e. The van der Waals surface area contributed by atoms with E-state index >= 15 is 0 Å². The molecule has 82 valence electrons. The van der Waals surface area contributed by atoms with Gasteiger partial charge in [0.1, 0.15) is 18.5 Å². The van der Waals surface area contributed by atoms with Gasteiger partial charge in [0.25, 0.3) is 0 Å². The molecule has 0 aromatic heterocycles. The number of rotatable bonds is 4. The molecule has 0 aliphatic rings. The molecule has 0 bridgehead atoms. The Balaban J connectivity index is 2.50. The lowest BCUT2D eigenvalue weighted by molar-refractivity contribution is 0.00933. The molecule has 0 radical (unpaired) electrons. The maximum atomic E-state index is 11.3. The molecule has 1 atom stereocenters. The highest BCUT2D eigenvalue weighted by molar-refractivity contribution is 5.89. The highest BCUT2D eigenvalue weighted by Crippen LogP contribution is 2.10. The van der Waals surface area contributed by atoms with E-state index in [1.807, 2.05) is 0 Å². The molecular formula is C10H12O5. The van der Waals surface area contributed by atoms with Crippen LogP contribution in [0, 0.1) is 0 Å². The predicted molar refractivity (Wildman–Crippen MR) is 51.5 cm³/mol. The van der Waals surface area contributed by atoms with Gasteiger partial charge in [-0.05, 0) is 24.3 Å². The van der Waals surface area contributed by atoms with Gasteiger partial charge >= 0.3 is 5.97 Å². The average Bonchev–Trinajstić information content (AvgIpc) is 2.26. The monoisotopic (exact) mass is 212 g/mol. The number of carbonyl (C=O) groups excluding carboxylic acids is 1. The molecule has 0 fully saturated rings. The summed E-state index contributed by atoms with van der Waals surface area (Å²) in [6, 6.07) is 5.53. The van der Waals surface area contributed by atoms with Crippen LogP contribution in [0.2, 0.25) is 0 Å². The first-order chi connectivity index (χ1) is 7.13. The number of hydrogen-bond donors (Lipinski definition) is 3. The summed E-state index contributed by atoms with van der Waals surface area (Å²) in [6.07, 6.45) is -1.06. The zero-order valence-electron chi connectivity index (χ0n) is 7.96. The van der Waals surface area contributed by atoms with E-state index in [1.54, 1.807) is 0 Å².